The Morgan fingerprint density at radius 3 is 2.60 bits per heavy atom. The molecule has 0 spiro atoms. The molecule has 0 saturated heterocycles. The van der Waals surface area contributed by atoms with Crippen LogP contribution >= 0.6 is 11.3 Å². The van der Waals surface area contributed by atoms with Gasteiger partial charge in [-0.3, -0.25) is 4.79 Å². The van der Waals surface area contributed by atoms with E-state index in [2.05, 4.69) is 38.1 Å². The van der Waals surface area contributed by atoms with E-state index in [0.717, 1.165) is 22.4 Å². The maximum Gasteiger partial charge on any atom is 0.331 e. The minimum absolute atomic E-state index is 0.0859. The monoisotopic (exact) mass is 357 g/mol. The van der Waals surface area contributed by atoms with E-state index < -0.39 is 12.0 Å². The molecule has 0 saturated carbocycles. The second-order valence-electron chi connectivity index (χ2n) is 6.77. The lowest BCUT2D eigenvalue weighted by atomic mass is 9.98. The zero-order valence-corrected chi connectivity index (χ0v) is 15.4. The van der Waals surface area contributed by atoms with E-state index in [9.17, 15) is 14.7 Å². The molecule has 1 aliphatic rings. The van der Waals surface area contributed by atoms with Gasteiger partial charge in [0.1, 0.15) is 0 Å². The van der Waals surface area contributed by atoms with Gasteiger partial charge in [-0.25, -0.2) is 4.79 Å². The van der Waals surface area contributed by atoms with Gasteiger partial charge in [-0.05, 0) is 46.9 Å². The summed E-state index contributed by atoms with van der Waals surface area (Å²) >= 11 is 1.57. The number of fused-ring (bicyclic) bond motifs is 1. The van der Waals surface area contributed by atoms with Crippen molar-refractivity contribution >= 4 is 23.2 Å². The number of carbonyl (C=O) groups is 2. The van der Waals surface area contributed by atoms with Crippen LogP contribution in [0, 0.1) is 0 Å². The second kappa shape index (κ2) is 7.40. The fraction of sp³-hybridized carbons (Fsp3) is 0.400. The Hall–Kier alpha value is -2.14. The Labute approximate surface area is 152 Å². The molecule has 2 aromatic rings. The van der Waals surface area contributed by atoms with Crippen molar-refractivity contribution in [3.05, 3.63) is 57.3 Å². The quantitative estimate of drug-likeness (QED) is 0.879. The van der Waals surface area contributed by atoms with Crippen LogP contribution in [-0.2, 0) is 22.4 Å². The largest absolute Gasteiger partial charge is 0.479 e. The Morgan fingerprint density at radius 2 is 1.96 bits per heavy atom. The number of carboxylic acid groups (broad SMARTS) is 1. The van der Waals surface area contributed by atoms with E-state index in [-0.39, 0.29) is 5.91 Å². The van der Waals surface area contributed by atoms with Crippen LogP contribution in [0.1, 0.15) is 53.8 Å². The van der Waals surface area contributed by atoms with Gasteiger partial charge in [0.05, 0.1) is 0 Å². The van der Waals surface area contributed by atoms with Gasteiger partial charge < -0.3 is 10.0 Å². The lowest BCUT2D eigenvalue weighted by molar-refractivity contribution is -0.151. The van der Waals surface area contributed by atoms with Gasteiger partial charge in [0.15, 0.2) is 6.04 Å². The average Bonchev–Trinajstić information content (AvgIpc) is 3.07. The molecule has 1 N–H and O–H groups in total. The van der Waals surface area contributed by atoms with Crippen molar-refractivity contribution in [3.63, 3.8) is 0 Å². The third-order valence-corrected chi connectivity index (χ3v) is 5.79. The highest BCUT2D eigenvalue weighted by molar-refractivity contribution is 7.10. The molecule has 4 nitrogen and oxygen atoms in total. The topological polar surface area (TPSA) is 57.6 Å². The van der Waals surface area contributed by atoms with E-state index in [0.29, 0.717) is 25.3 Å². The van der Waals surface area contributed by atoms with Crippen LogP contribution < -0.4 is 0 Å². The molecule has 5 heteroatoms. The summed E-state index contributed by atoms with van der Waals surface area (Å²) in [6.07, 6.45) is 1.71. The van der Waals surface area contributed by atoms with Crippen molar-refractivity contribution in [1.29, 1.82) is 0 Å². The summed E-state index contributed by atoms with van der Waals surface area (Å²) in [6, 6.07) is 9.31. The van der Waals surface area contributed by atoms with E-state index in [1.807, 2.05) is 11.4 Å². The first kappa shape index (κ1) is 17.7. The van der Waals surface area contributed by atoms with Crippen molar-refractivity contribution in [2.24, 2.45) is 0 Å². The van der Waals surface area contributed by atoms with Gasteiger partial charge in [0.25, 0.3) is 0 Å². The summed E-state index contributed by atoms with van der Waals surface area (Å²) in [5.41, 5.74) is 3.17. The van der Waals surface area contributed by atoms with Crippen molar-refractivity contribution < 1.29 is 14.7 Å². The highest BCUT2D eigenvalue weighted by Crippen LogP contribution is 2.34. The number of rotatable bonds is 5. The summed E-state index contributed by atoms with van der Waals surface area (Å²) in [7, 11) is 0. The minimum Gasteiger partial charge on any atom is -0.479 e. The first-order valence-electron chi connectivity index (χ1n) is 8.64. The number of hydrogen-bond acceptors (Lipinski definition) is 3. The van der Waals surface area contributed by atoms with E-state index in [1.165, 1.54) is 10.5 Å². The fourth-order valence-corrected chi connectivity index (χ4v) is 4.22. The van der Waals surface area contributed by atoms with Crippen LogP contribution in [0.4, 0.5) is 0 Å². The molecule has 3 rings (SSSR count). The number of aryl methyl sites for hydroxylation is 1. The highest BCUT2D eigenvalue weighted by atomic mass is 32.1. The van der Waals surface area contributed by atoms with Crippen LogP contribution in [0.5, 0.6) is 0 Å². The van der Waals surface area contributed by atoms with Crippen molar-refractivity contribution in [3.8, 4) is 0 Å². The maximum absolute atomic E-state index is 12.7. The first-order chi connectivity index (χ1) is 12.0. The molecule has 0 radical (unpaired) electrons. The third-order valence-electron chi connectivity index (χ3n) is 4.79. The molecule has 1 amide bonds. The molecule has 132 valence electrons. The number of nitrogens with zero attached hydrogens (tertiary/aromatic N) is 1. The van der Waals surface area contributed by atoms with Crippen LogP contribution in [0.25, 0.3) is 0 Å². The van der Waals surface area contributed by atoms with E-state index in [1.54, 1.807) is 11.3 Å². The Morgan fingerprint density at radius 1 is 1.24 bits per heavy atom. The molecule has 1 atom stereocenters. The number of carbonyl (C=O) groups excluding carboxylic acids is 1. The van der Waals surface area contributed by atoms with Crippen LogP contribution in [0.3, 0.4) is 0 Å². The smallest absolute Gasteiger partial charge is 0.331 e. The van der Waals surface area contributed by atoms with Gasteiger partial charge in [-0.2, -0.15) is 0 Å². The van der Waals surface area contributed by atoms with Crippen molar-refractivity contribution in [2.45, 2.75) is 45.1 Å². The molecular weight excluding hydrogens is 334 g/mol. The molecule has 0 aliphatic carbocycles. The predicted octanol–water partition coefficient (Wildman–Crippen LogP) is 4.01. The van der Waals surface area contributed by atoms with Crippen molar-refractivity contribution in [1.82, 2.24) is 4.90 Å². The summed E-state index contributed by atoms with van der Waals surface area (Å²) in [5, 5.41) is 11.5. The van der Waals surface area contributed by atoms with Gasteiger partial charge in [-0.1, -0.05) is 38.1 Å². The maximum atomic E-state index is 12.7. The number of carboxylic acids is 1. The van der Waals surface area contributed by atoms with E-state index >= 15 is 0 Å². The number of amides is 1. The summed E-state index contributed by atoms with van der Waals surface area (Å²) in [6.45, 7) is 4.79. The first-order valence-corrected chi connectivity index (χ1v) is 9.52. The lowest BCUT2D eigenvalue weighted by Gasteiger charge is -2.33. The normalized spacial score (nSPS) is 16.8. The van der Waals surface area contributed by atoms with Crippen LogP contribution in [-0.4, -0.2) is 28.4 Å². The Balaban J connectivity index is 1.67. The summed E-state index contributed by atoms with van der Waals surface area (Å²) < 4.78 is 0. The molecule has 1 unspecified atom stereocenters. The van der Waals surface area contributed by atoms with Gasteiger partial charge in [0, 0.05) is 17.8 Å². The number of hydrogen-bond donors (Lipinski definition) is 1. The fourth-order valence-electron chi connectivity index (χ4n) is 3.32. The second-order valence-corrected chi connectivity index (χ2v) is 7.77. The number of aliphatic carboxylic acids is 1. The lowest BCUT2D eigenvalue weighted by Crippen LogP contribution is -2.43. The molecule has 1 aromatic carbocycles. The minimum atomic E-state index is -0.950. The Kier molecular flexibility index (Phi) is 5.23. The summed E-state index contributed by atoms with van der Waals surface area (Å²) in [5.74, 6) is -0.550. The standard InChI is InChI=1S/C20H23NO3S/c1-13(2)15-6-3-14(4-7-15)5-8-18(22)21-11-9-17-16(10-12-25-17)19(21)20(23)24/h3-4,6-7,10,12-13,19H,5,8-9,11H2,1-2H3,(H,23,24). The zero-order valence-electron chi connectivity index (χ0n) is 14.6. The van der Waals surface area contributed by atoms with Gasteiger partial charge >= 0.3 is 5.97 Å². The Bertz CT molecular complexity index is 764. The molecule has 25 heavy (non-hydrogen) atoms. The third kappa shape index (κ3) is 3.76. The van der Waals surface area contributed by atoms with E-state index in [4.69, 9.17) is 0 Å². The van der Waals surface area contributed by atoms with Gasteiger partial charge in [0.2, 0.25) is 5.91 Å². The number of thiophene rings is 1. The zero-order chi connectivity index (χ0) is 18.0. The highest BCUT2D eigenvalue weighted by Gasteiger charge is 2.36. The average molecular weight is 357 g/mol. The molecule has 0 fully saturated rings. The van der Waals surface area contributed by atoms with Crippen LogP contribution in [0.15, 0.2) is 35.7 Å². The molecule has 1 aliphatic heterocycles. The predicted molar refractivity (Wildman–Crippen MR) is 99.0 cm³/mol. The molecule has 1 aromatic heterocycles. The number of benzene rings is 1. The summed E-state index contributed by atoms with van der Waals surface area (Å²) in [4.78, 5) is 27.0. The van der Waals surface area contributed by atoms with Gasteiger partial charge in [-0.15, -0.1) is 11.3 Å². The van der Waals surface area contributed by atoms with Crippen LogP contribution in [0.2, 0.25) is 0 Å². The SMILES string of the molecule is CC(C)c1ccc(CCC(=O)N2CCc3sccc3C2C(=O)O)cc1. The molecule has 2 heterocycles. The molecule has 0 bridgehead atoms. The van der Waals surface area contributed by atoms with Crippen molar-refractivity contribution in [2.75, 3.05) is 6.54 Å². The molecular formula is C20H23NO3S.